The van der Waals surface area contributed by atoms with Gasteiger partial charge in [-0.15, -0.1) is 0 Å². The molecular weight excluding hydrogens is 276 g/mol. The lowest BCUT2D eigenvalue weighted by Gasteiger charge is -2.34. The predicted octanol–water partition coefficient (Wildman–Crippen LogP) is 1.36. The Hall–Kier alpha value is -1.11. The number of sulfonamides is 1. The van der Waals surface area contributed by atoms with Gasteiger partial charge in [-0.2, -0.15) is 4.31 Å². The second-order valence-electron chi connectivity index (χ2n) is 5.58. The molecule has 20 heavy (non-hydrogen) atoms. The second kappa shape index (κ2) is 5.71. The number of nitrogens with zero attached hydrogens (tertiary/aromatic N) is 1. The molecule has 1 aromatic carbocycles. The topological polar surface area (TPSA) is 72.6 Å². The third-order valence-electron chi connectivity index (χ3n) is 3.60. The molecule has 1 aliphatic heterocycles. The zero-order valence-corrected chi connectivity index (χ0v) is 13.0. The number of hydrogen-bond acceptors (Lipinski definition) is 4. The van der Waals surface area contributed by atoms with Gasteiger partial charge in [-0.25, -0.2) is 8.42 Å². The van der Waals surface area contributed by atoms with Crippen molar-refractivity contribution in [2.24, 2.45) is 11.7 Å². The number of benzene rings is 1. The molecule has 0 aromatic heterocycles. The summed E-state index contributed by atoms with van der Waals surface area (Å²) < 4.78 is 32.3. The van der Waals surface area contributed by atoms with Gasteiger partial charge in [0.2, 0.25) is 10.0 Å². The Labute approximate surface area is 120 Å². The second-order valence-corrected chi connectivity index (χ2v) is 7.48. The van der Waals surface area contributed by atoms with Gasteiger partial charge in [-0.05, 0) is 37.0 Å². The summed E-state index contributed by atoms with van der Waals surface area (Å²) in [4.78, 5) is 0.223. The number of nitrogens with two attached hydrogens (primary N) is 1. The molecule has 2 unspecified atom stereocenters. The Morgan fingerprint density at radius 3 is 2.65 bits per heavy atom. The van der Waals surface area contributed by atoms with Crippen LogP contribution in [0.15, 0.2) is 23.1 Å². The molecular formula is C14H22N2O3S. The van der Waals surface area contributed by atoms with Gasteiger partial charge < -0.3 is 10.5 Å². The molecule has 1 saturated heterocycles. The molecule has 0 amide bonds. The van der Waals surface area contributed by atoms with Crippen molar-refractivity contribution in [3.8, 4) is 5.75 Å². The molecule has 2 atom stereocenters. The Morgan fingerprint density at radius 1 is 1.35 bits per heavy atom. The van der Waals surface area contributed by atoms with Crippen LogP contribution in [-0.4, -0.2) is 39.0 Å². The van der Waals surface area contributed by atoms with Crippen LogP contribution in [0.2, 0.25) is 0 Å². The number of aryl methyl sites for hydroxylation is 1. The van der Waals surface area contributed by atoms with Crippen molar-refractivity contribution in [2.75, 3.05) is 20.2 Å². The quantitative estimate of drug-likeness (QED) is 0.914. The number of rotatable bonds is 3. The summed E-state index contributed by atoms with van der Waals surface area (Å²) in [5.41, 5.74) is 6.84. The summed E-state index contributed by atoms with van der Waals surface area (Å²) in [7, 11) is -2.08. The zero-order valence-electron chi connectivity index (χ0n) is 12.2. The van der Waals surface area contributed by atoms with E-state index in [9.17, 15) is 8.42 Å². The van der Waals surface area contributed by atoms with Gasteiger partial charge >= 0.3 is 0 Å². The van der Waals surface area contributed by atoms with E-state index in [4.69, 9.17) is 10.5 Å². The third kappa shape index (κ3) is 2.97. The molecule has 6 heteroatoms. The normalized spacial score (nSPS) is 24.6. The van der Waals surface area contributed by atoms with Crippen LogP contribution in [0.25, 0.3) is 0 Å². The molecule has 2 N–H and O–H groups in total. The molecule has 112 valence electrons. The van der Waals surface area contributed by atoms with Crippen LogP contribution < -0.4 is 10.5 Å². The maximum atomic E-state index is 12.8. The van der Waals surface area contributed by atoms with Gasteiger partial charge in [-0.3, -0.25) is 0 Å². The fourth-order valence-electron chi connectivity index (χ4n) is 2.67. The van der Waals surface area contributed by atoms with Crippen molar-refractivity contribution < 1.29 is 13.2 Å². The van der Waals surface area contributed by atoms with Crippen LogP contribution in [-0.2, 0) is 10.0 Å². The van der Waals surface area contributed by atoms with E-state index in [1.807, 2.05) is 19.9 Å². The van der Waals surface area contributed by atoms with Gasteiger partial charge in [0.1, 0.15) is 10.6 Å². The Bertz CT molecular complexity index is 576. The largest absolute Gasteiger partial charge is 0.495 e. The van der Waals surface area contributed by atoms with E-state index < -0.39 is 10.0 Å². The molecule has 0 radical (unpaired) electrons. The van der Waals surface area contributed by atoms with Crippen molar-refractivity contribution in [2.45, 2.75) is 31.2 Å². The fourth-order valence-corrected chi connectivity index (χ4v) is 4.53. The fraction of sp³-hybridized carbons (Fsp3) is 0.571. The van der Waals surface area contributed by atoms with Gasteiger partial charge in [0.05, 0.1) is 7.11 Å². The Morgan fingerprint density at radius 2 is 2.05 bits per heavy atom. The first-order chi connectivity index (χ1) is 9.34. The molecule has 0 saturated carbocycles. The molecule has 2 rings (SSSR count). The minimum absolute atomic E-state index is 0.107. The maximum Gasteiger partial charge on any atom is 0.246 e. The van der Waals surface area contributed by atoms with Crippen molar-refractivity contribution in [1.82, 2.24) is 4.31 Å². The molecule has 1 heterocycles. The average molecular weight is 298 g/mol. The number of hydrogen-bond donors (Lipinski definition) is 1. The van der Waals surface area contributed by atoms with E-state index in [1.165, 1.54) is 11.4 Å². The van der Waals surface area contributed by atoms with Crippen LogP contribution in [0.5, 0.6) is 5.75 Å². The standard InChI is InChI=1S/C14H22N2O3S/c1-10-4-5-13(19-3)14(7-10)20(17,18)16-8-11(2)6-12(15)9-16/h4-5,7,11-12H,6,8-9,15H2,1-3H3. The summed E-state index contributed by atoms with van der Waals surface area (Å²) in [5, 5.41) is 0. The van der Waals surface area contributed by atoms with E-state index in [-0.39, 0.29) is 16.9 Å². The lowest BCUT2D eigenvalue weighted by atomic mass is 9.99. The first-order valence-electron chi connectivity index (χ1n) is 6.75. The molecule has 0 bridgehead atoms. The molecule has 0 spiro atoms. The lowest BCUT2D eigenvalue weighted by molar-refractivity contribution is 0.253. The molecule has 5 nitrogen and oxygen atoms in total. The highest BCUT2D eigenvalue weighted by atomic mass is 32.2. The van der Waals surface area contributed by atoms with Crippen LogP contribution in [0, 0.1) is 12.8 Å². The van der Waals surface area contributed by atoms with Crippen LogP contribution in [0.4, 0.5) is 0 Å². The predicted molar refractivity (Wildman–Crippen MR) is 78.2 cm³/mol. The smallest absolute Gasteiger partial charge is 0.246 e. The van der Waals surface area contributed by atoms with E-state index in [2.05, 4.69) is 0 Å². The Kier molecular flexibility index (Phi) is 4.36. The summed E-state index contributed by atoms with van der Waals surface area (Å²) >= 11 is 0. The van der Waals surface area contributed by atoms with Gasteiger partial charge in [0.15, 0.2) is 0 Å². The van der Waals surface area contributed by atoms with E-state index in [0.29, 0.717) is 18.8 Å². The number of piperidine rings is 1. The minimum atomic E-state index is -3.56. The van der Waals surface area contributed by atoms with E-state index in [1.54, 1.807) is 12.1 Å². The molecule has 1 aromatic rings. The molecule has 1 fully saturated rings. The van der Waals surface area contributed by atoms with Crippen LogP contribution >= 0.6 is 0 Å². The maximum absolute atomic E-state index is 12.8. The van der Waals surface area contributed by atoms with Crippen molar-refractivity contribution in [3.05, 3.63) is 23.8 Å². The third-order valence-corrected chi connectivity index (χ3v) is 5.45. The van der Waals surface area contributed by atoms with Gasteiger partial charge in [-0.1, -0.05) is 13.0 Å². The summed E-state index contributed by atoms with van der Waals surface area (Å²) in [6.07, 6.45) is 0.858. The number of ether oxygens (including phenoxy) is 1. The number of methoxy groups -OCH3 is 1. The lowest BCUT2D eigenvalue weighted by Crippen LogP contribution is -2.48. The Balaban J connectivity index is 2.42. The zero-order chi connectivity index (χ0) is 14.9. The van der Waals surface area contributed by atoms with E-state index in [0.717, 1.165) is 12.0 Å². The highest BCUT2D eigenvalue weighted by Crippen LogP contribution is 2.30. The average Bonchev–Trinajstić information content (AvgIpc) is 2.37. The monoisotopic (exact) mass is 298 g/mol. The van der Waals surface area contributed by atoms with Crippen molar-refractivity contribution in [3.63, 3.8) is 0 Å². The van der Waals surface area contributed by atoms with Crippen molar-refractivity contribution in [1.29, 1.82) is 0 Å². The molecule has 0 aliphatic carbocycles. The first-order valence-corrected chi connectivity index (χ1v) is 8.19. The van der Waals surface area contributed by atoms with Crippen molar-refractivity contribution >= 4 is 10.0 Å². The van der Waals surface area contributed by atoms with Gasteiger partial charge in [0, 0.05) is 19.1 Å². The summed E-state index contributed by atoms with van der Waals surface area (Å²) in [5.74, 6) is 0.645. The highest BCUT2D eigenvalue weighted by Gasteiger charge is 2.33. The SMILES string of the molecule is COc1ccc(C)cc1S(=O)(=O)N1CC(C)CC(N)C1. The minimum Gasteiger partial charge on any atom is -0.495 e. The summed E-state index contributed by atoms with van der Waals surface area (Å²) in [6, 6.07) is 5.07. The molecule has 1 aliphatic rings. The van der Waals surface area contributed by atoms with Crippen LogP contribution in [0.3, 0.4) is 0 Å². The first kappa shape index (κ1) is 15.3. The van der Waals surface area contributed by atoms with Gasteiger partial charge in [0.25, 0.3) is 0 Å². The van der Waals surface area contributed by atoms with Crippen LogP contribution in [0.1, 0.15) is 18.9 Å². The highest BCUT2D eigenvalue weighted by molar-refractivity contribution is 7.89. The van der Waals surface area contributed by atoms with E-state index >= 15 is 0 Å². The summed E-state index contributed by atoms with van der Waals surface area (Å²) in [6.45, 7) is 4.76.